The fourth-order valence-electron chi connectivity index (χ4n) is 1.96. The molecule has 18 heavy (non-hydrogen) atoms. The summed E-state index contributed by atoms with van der Waals surface area (Å²) in [7, 11) is 1.94. The number of aromatic nitrogens is 2. The zero-order valence-electron chi connectivity index (χ0n) is 12.3. The van der Waals surface area contributed by atoms with Gasteiger partial charge in [0, 0.05) is 30.1 Å². The highest BCUT2D eigenvalue weighted by molar-refractivity contribution is 5.20. The first-order valence-electron chi connectivity index (χ1n) is 6.63. The molecule has 0 aromatic carbocycles. The standard InChI is InChI=1S/C14H25N3O/c1-7-18-13(9(2)3)14-16-8-12(10(4)15-6)11(5)17-14/h8-10,13,15H,7H2,1-6H3. The van der Waals surface area contributed by atoms with E-state index < -0.39 is 0 Å². The first-order valence-corrected chi connectivity index (χ1v) is 6.63. The number of nitrogens with one attached hydrogen (secondary N) is 1. The molecule has 1 aromatic heterocycles. The Hall–Kier alpha value is -1.00. The van der Waals surface area contributed by atoms with Crippen LogP contribution in [0.4, 0.5) is 0 Å². The quantitative estimate of drug-likeness (QED) is 0.844. The number of ether oxygens (including phenoxy) is 1. The molecular weight excluding hydrogens is 226 g/mol. The molecule has 0 fully saturated rings. The number of hydrogen-bond acceptors (Lipinski definition) is 4. The SMILES string of the molecule is CCOC(c1ncc(C(C)NC)c(C)n1)C(C)C. The Bertz CT molecular complexity index is 379. The van der Waals surface area contributed by atoms with Crippen LogP contribution in [0.2, 0.25) is 0 Å². The van der Waals surface area contributed by atoms with Gasteiger partial charge in [0.1, 0.15) is 6.10 Å². The molecule has 0 aliphatic carbocycles. The van der Waals surface area contributed by atoms with Gasteiger partial charge in [0.2, 0.25) is 0 Å². The summed E-state index contributed by atoms with van der Waals surface area (Å²) in [4.78, 5) is 9.08. The monoisotopic (exact) mass is 251 g/mol. The van der Waals surface area contributed by atoms with E-state index in [1.165, 1.54) is 0 Å². The lowest BCUT2D eigenvalue weighted by molar-refractivity contribution is 0.0230. The van der Waals surface area contributed by atoms with E-state index in [1.807, 2.05) is 27.1 Å². The minimum Gasteiger partial charge on any atom is -0.370 e. The van der Waals surface area contributed by atoms with Gasteiger partial charge in [0.25, 0.3) is 0 Å². The van der Waals surface area contributed by atoms with Crippen molar-refractivity contribution in [1.82, 2.24) is 15.3 Å². The van der Waals surface area contributed by atoms with Crippen molar-refractivity contribution in [3.8, 4) is 0 Å². The summed E-state index contributed by atoms with van der Waals surface area (Å²) in [6, 6.07) is 0.267. The molecule has 0 saturated carbocycles. The highest BCUT2D eigenvalue weighted by atomic mass is 16.5. The topological polar surface area (TPSA) is 47.0 Å². The van der Waals surface area contributed by atoms with Crippen LogP contribution in [-0.4, -0.2) is 23.6 Å². The van der Waals surface area contributed by atoms with E-state index in [9.17, 15) is 0 Å². The first-order chi connectivity index (χ1) is 8.51. The average molecular weight is 251 g/mol. The molecule has 0 radical (unpaired) electrons. The summed E-state index contributed by atoms with van der Waals surface area (Å²) >= 11 is 0. The van der Waals surface area contributed by atoms with Crippen LogP contribution < -0.4 is 5.32 Å². The van der Waals surface area contributed by atoms with E-state index in [1.54, 1.807) is 0 Å². The third-order valence-electron chi connectivity index (χ3n) is 3.14. The van der Waals surface area contributed by atoms with Crippen molar-refractivity contribution in [2.75, 3.05) is 13.7 Å². The molecule has 2 unspecified atom stereocenters. The predicted molar refractivity (Wildman–Crippen MR) is 73.4 cm³/mol. The van der Waals surface area contributed by atoms with E-state index in [-0.39, 0.29) is 12.1 Å². The fourth-order valence-corrected chi connectivity index (χ4v) is 1.96. The number of hydrogen-bond donors (Lipinski definition) is 1. The molecule has 102 valence electrons. The molecule has 1 N–H and O–H groups in total. The van der Waals surface area contributed by atoms with Gasteiger partial charge in [0.15, 0.2) is 5.82 Å². The second-order valence-electron chi connectivity index (χ2n) is 4.90. The smallest absolute Gasteiger partial charge is 0.157 e. The molecule has 0 aliphatic rings. The largest absolute Gasteiger partial charge is 0.370 e. The Labute approximate surface area is 110 Å². The molecule has 0 amide bonds. The number of rotatable bonds is 6. The lowest BCUT2D eigenvalue weighted by Gasteiger charge is -2.21. The third-order valence-corrected chi connectivity index (χ3v) is 3.14. The Kier molecular flexibility index (Phi) is 5.69. The zero-order valence-corrected chi connectivity index (χ0v) is 12.3. The van der Waals surface area contributed by atoms with E-state index in [0.29, 0.717) is 12.5 Å². The van der Waals surface area contributed by atoms with Gasteiger partial charge in [-0.1, -0.05) is 13.8 Å². The molecule has 0 spiro atoms. The number of aryl methyl sites for hydroxylation is 1. The lowest BCUT2D eigenvalue weighted by Crippen LogP contribution is -2.18. The minimum absolute atomic E-state index is 0.0207. The summed E-state index contributed by atoms with van der Waals surface area (Å²) in [5, 5.41) is 3.21. The Balaban J connectivity index is 3.01. The van der Waals surface area contributed by atoms with Gasteiger partial charge in [0.05, 0.1) is 0 Å². The van der Waals surface area contributed by atoms with E-state index in [0.717, 1.165) is 17.1 Å². The van der Waals surface area contributed by atoms with Crippen LogP contribution in [0.1, 0.15) is 56.9 Å². The molecule has 1 aromatic rings. The molecule has 1 heterocycles. The van der Waals surface area contributed by atoms with Gasteiger partial charge in [-0.25, -0.2) is 9.97 Å². The van der Waals surface area contributed by atoms with Gasteiger partial charge in [-0.15, -0.1) is 0 Å². The van der Waals surface area contributed by atoms with Crippen LogP contribution in [0.3, 0.4) is 0 Å². The van der Waals surface area contributed by atoms with Crippen LogP contribution >= 0.6 is 0 Å². The van der Waals surface area contributed by atoms with Gasteiger partial charge in [-0.3, -0.25) is 0 Å². The normalized spacial score (nSPS) is 14.8. The Morgan fingerprint density at radius 2 is 2.00 bits per heavy atom. The first kappa shape index (κ1) is 15.1. The lowest BCUT2D eigenvalue weighted by atomic mass is 10.1. The van der Waals surface area contributed by atoms with Gasteiger partial charge in [-0.05, 0) is 33.7 Å². The highest BCUT2D eigenvalue weighted by Gasteiger charge is 2.20. The second kappa shape index (κ2) is 6.81. The Morgan fingerprint density at radius 1 is 1.33 bits per heavy atom. The number of nitrogens with zero attached hydrogens (tertiary/aromatic N) is 2. The van der Waals surface area contributed by atoms with Gasteiger partial charge in [-0.2, -0.15) is 0 Å². The predicted octanol–water partition coefficient (Wildman–Crippen LogP) is 2.80. The summed E-state index contributed by atoms with van der Waals surface area (Å²) in [5.74, 6) is 1.16. The van der Waals surface area contributed by atoms with Crippen LogP contribution in [-0.2, 0) is 4.74 Å². The minimum atomic E-state index is -0.0207. The Morgan fingerprint density at radius 3 is 2.44 bits per heavy atom. The van der Waals surface area contributed by atoms with Crippen LogP contribution in [0, 0.1) is 12.8 Å². The van der Waals surface area contributed by atoms with Crippen molar-refractivity contribution in [2.45, 2.75) is 46.8 Å². The second-order valence-corrected chi connectivity index (χ2v) is 4.90. The summed E-state index contributed by atoms with van der Waals surface area (Å²) in [5.41, 5.74) is 2.16. The van der Waals surface area contributed by atoms with Gasteiger partial charge >= 0.3 is 0 Å². The van der Waals surface area contributed by atoms with Crippen LogP contribution in [0.25, 0.3) is 0 Å². The van der Waals surface area contributed by atoms with Crippen LogP contribution in [0.5, 0.6) is 0 Å². The maximum absolute atomic E-state index is 5.73. The fraction of sp³-hybridized carbons (Fsp3) is 0.714. The molecular formula is C14H25N3O. The third kappa shape index (κ3) is 3.50. The average Bonchev–Trinajstić information content (AvgIpc) is 2.34. The van der Waals surface area contributed by atoms with Crippen molar-refractivity contribution >= 4 is 0 Å². The van der Waals surface area contributed by atoms with Crippen LogP contribution in [0.15, 0.2) is 6.20 Å². The van der Waals surface area contributed by atoms with Crippen molar-refractivity contribution in [2.24, 2.45) is 5.92 Å². The van der Waals surface area contributed by atoms with Crippen molar-refractivity contribution in [1.29, 1.82) is 0 Å². The molecule has 4 nitrogen and oxygen atoms in total. The molecule has 4 heteroatoms. The van der Waals surface area contributed by atoms with E-state index in [2.05, 4.69) is 36.1 Å². The van der Waals surface area contributed by atoms with Crippen molar-refractivity contribution in [3.63, 3.8) is 0 Å². The molecule has 0 saturated heterocycles. The van der Waals surface area contributed by atoms with E-state index >= 15 is 0 Å². The maximum atomic E-state index is 5.73. The maximum Gasteiger partial charge on any atom is 0.157 e. The zero-order chi connectivity index (χ0) is 13.7. The molecule has 0 aliphatic heterocycles. The molecule has 1 rings (SSSR count). The van der Waals surface area contributed by atoms with Crippen molar-refractivity contribution < 1.29 is 4.74 Å². The van der Waals surface area contributed by atoms with E-state index in [4.69, 9.17) is 4.74 Å². The summed E-state index contributed by atoms with van der Waals surface area (Å²) < 4.78 is 5.73. The highest BCUT2D eigenvalue weighted by Crippen LogP contribution is 2.24. The summed E-state index contributed by atoms with van der Waals surface area (Å²) in [6.45, 7) is 11.1. The van der Waals surface area contributed by atoms with Crippen molar-refractivity contribution in [3.05, 3.63) is 23.3 Å². The molecule has 2 atom stereocenters. The summed E-state index contributed by atoms with van der Waals surface area (Å²) in [6.07, 6.45) is 1.89. The van der Waals surface area contributed by atoms with Gasteiger partial charge < -0.3 is 10.1 Å². The molecule has 0 bridgehead atoms.